The molecule has 0 saturated heterocycles. The van der Waals surface area contributed by atoms with E-state index in [0.29, 0.717) is 18.3 Å². The van der Waals surface area contributed by atoms with Crippen molar-refractivity contribution in [3.05, 3.63) is 30.1 Å². The molecule has 0 saturated carbocycles. The van der Waals surface area contributed by atoms with Crippen LogP contribution in [0.15, 0.2) is 29.3 Å². The minimum absolute atomic E-state index is 0.0444. The highest BCUT2D eigenvalue weighted by molar-refractivity contribution is 5.95. The highest BCUT2D eigenvalue weighted by Crippen LogP contribution is 2.14. The fourth-order valence-corrected chi connectivity index (χ4v) is 1.51. The van der Waals surface area contributed by atoms with Crippen LogP contribution in [-0.2, 0) is 4.74 Å². The summed E-state index contributed by atoms with van der Waals surface area (Å²) < 4.78 is 18.1. The number of rotatable bonds is 4. The Morgan fingerprint density at radius 1 is 1.61 bits per heavy atom. The average molecular weight is 254 g/mol. The van der Waals surface area contributed by atoms with Gasteiger partial charge in [-0.3, -0.25) is 5.43 Å². The van der Waals surface area contributed by atoms with Gasteiger partial charge in [0.15, 0.2) is 0 Å². The maximum atomic E-state index is 13.1. The van der Waals surface area contributed by atoms with Gasteiger partial charge in [-0.25, -0.2) is 15.2 Å². The predicted molar refractivity (Wildman–Crippen MR) is 70.9 cm³/mol. The minimum Gasteiger partial charge on any atom is -0.382 e. The summed E-state index contributed by atoms with van der Waals surface area (Å²) in [4.78, 5) is 6.03. The molecule has 0 fully saturated rings. The van der Waals surface area contributed by atoms with Gasteiger partial charge in [0.2, 0.25) is 5.96 Å². The van der Waals surface area contributed by atoms with Gasteiger partial charge in [-0.05, 0) is 25.1 Å². The van der Waals surface area contributed by atoms with Gasteiger partial charge in [0, 0.05) is 19.8 Å². The number of hydrogen-bond donors (Lipinski definition) is 2. The minimum atomic E-state index is -0.305. The van der Waals surface area contributed by atoms with Crippen LogP contribution in [0.3, 0.4) is 0 Å². The number of hydrogen-bond acceptors (Lipinski definition) is 3. The first-order chi connectivity index (χ1) is 8.58. The summed E-state index contributed by atoms with van der Waals surface area (Å²) in [5.41, 5.74) is 3.17. The van der Waals surface area contributed by atoms with Crippen LogP contribution in [0.2, 0.25) is 0 Å². The SMILES string of the molecule is COCC(C)N=C(NN)N(C)c1cccc(F)c1. The first-order valence-electron chi connectivity index (χ1n) is 5.61. The molecular formula is C12H19FN4O. The summed E-state index contributed by atoms with van der Waals surface area (Å²) in [7, 11) is 3.37. The number of nitrogens with zero attached hydrogens (tertiary/aromatic N) is 2. The van der Waals surface area contributed by atoms with E-state index >= 15 is 0 Å². The van der Waals surface area contributed by atoms with Crippen molar-refractivity contribution in [2.24, 2.45) is 10.8 Å². The molecule has 3 N–H and O–H groups in total. The van der Waals surface area contributed by atoms with E-state index in [0.717, 1.165) is 0 Å². The van der Waals surface area contributed by atoms with Gasteiger partial charge >= 0.3 is 0 Å². The zero-order valence-corrected chi connectivity index (χ0v) is 10.9. The number of methoxy groups -OCH3 is 1. The van der Waals surface area contributed by atoms with Gasteiger partial charge in [0.25, 0.3) is 0 Å². The van der Waals surface area contributed by atoms with Gasteiger partial charge in [-0.15, -0.1) is 0 Å². The van der Waals surface area contributed by atoms with Crippen LogP contribution >= 0.6 is 0 Å². The molecular weight excluding hydrogens is 235 g/mol. The fourth-order valence-electron chi connectivity index (χ4n) is 1.51. The lowest BCUT2D eigenvalue weighted by molar-refractivity contribution is 0.185. The number of aliphatic imine (C=N–C) groups is 1. The van der Waals surface area contributed by atoms with E-state index in [1.807, 2.05) is 6.92 Å². The molecule has 0 aliphatic carbocycles. The summed E-state index contributed by atoms with van der Waals surface area (Å²) in [6.45, 7) is 2.39. The molecule has 0 bridgehead atoms. The summed E-state index contributed by atoms with van der Waals surface area (Å²) in [5.74, 6) is 5.58. The van der Waals surface area contributed by atoms with E-state index in [1.165, 1.54) is 12.1 Å². The maximum Gasteiger partial charge on any atom is 0.213 e. The quantitative estimate of drug-likeness (QED) is 0.366. The van der Waals surface area contributed by atoms with Crippen LogP contribution in [0.25, 0.3) is 0 Å². The molecule has 0 spiro atoms. The number of hydrazine groups is 1. The molecule has 0 radical (unpaired) electrons. The Morgan fingerprint density at radius 2 is 2.33 bits per heavy atom. The lowest BCUT2D eigenvalue weighted by atomic mass is 10.3. The third-order valence-electron chi connectivity index (χ3n) is 2.39. The number of nitrogens with one attached hydrogen (secondary N) is 1. The predicted octanol–water partition coefficient (Wildman–Crippen LogP) is 1.12. The molecule has 0 aliphatic heterocycles. The topological polar surface area (TPSA) is 62.9 Å². The summed E-state index contributed by atoms with van der Waals surface area (Å²) in [6, 6.07) is 6.16. The van der Waals surface area contributed by atoms with Crippen molar-refractivity contribution < 1.29 is 9.13 Å². The lowest BCUT2D eigenvalue weighted by Gasteiger charge is -2.22. The number of anilines is 1. The van der Waals surface area contributed by atoms with E-state index in [-0.39, 0.29) is 11.9 Å². The van der Waals surface area contributed by atoms with E-state index in [2.05, 4.69) is 10.4 Å². The van der Waals surface area contributed by atoms with Gasteiger partial charge in [-0.1, -0.05) is 6.07 Å². The molecule has 1 rings (SSSR count). The summed E-state index contributed by atoms with van der Waals surface area (Å²) in [6.07, 6.45) is 0. The van der Waals surface area contributed by atoms with Crippen molar-refractivity contribution in [2.45, 2.75) is 13.0 Å². The second-order valence-corrected chi connectivity index (χ2v) is 3.94. The van der Waals surface area contributed by atoms with Gasteiger partial charge in [0.1, 0.15) is 5.82 Å². The molecule has 1 aromatic rings. The van der Waals surface area contributed by atoms with E-state index in [9.17, 15) is 4.39 Å². The Bertz CT molecular complexity index is 411. The Morgan fingerprint density at radius 3 is 2.89 bits per heavy atom. The van der Waals surface area contributed by atoms with Crippen LogP contribution < -0.4 is 16.2 Å². The zero-order valence-electron chi connectivity index (χ0n) is 10.9. The number of guanidine groups is 1. The third-order valence-corrected chi connectivity index (χ3v) is 2.39. The van der Waals surface area contributed by atoms with Gasteiger partial charge < -0.3 is 9.64 Å². The van der Waals surface area contributed by atoms with Crippen LogP contribution in [0, 0.1) is 5.82 Å². The Kier molecular flexibility index (Phi) is 5.54. The molecule has 5 nitrogen and oxygen atoms in total. The molecule has 0 aromatic heterocycles. The van der Waals surface area contributed by atoms with Gasteiger partial charge in [-0.2, -0.15) is 0 Å². The molecule has 1 atom stereocenters. The second-order valence-electron chi connectivity index (χ2n) is 3.94. The summed E-state index contributed by atoms with van der Waals surface area (Å²) >= 11 is 0. The molecule has 0 aliphatic rings. The van der Waals surface area contributed by atoms with Crippen LogP contribution in [0.5, 0.6) is 0 Å². The third kappa shape index (κ3) is 3.97. The summed E-state index contributed by atoms with van der Waals surface area (Å²) in [5, 5.41) is 0. The highest BCUT2D eigenvalue weighted by atomic mass is 19.1. The molecule has 1 aromatic carbocycles. The van der Waals surface area contributed by atoms with Crippen molar-refractivity contribution in [1.29, 1.82) is 0 Å². The Balaban J connectivity index is 2.88. The lowest BCUT2D eigenvalue weighted by Crippen LogP contribution is -2.43. The van der Waals surface area contributed by atoms with Crippen molar-refractivity contribution in [3.63, 3.8) is 0 Å². The van der Waals surface area contributed by atoms with Gasteiger partial charge in [0.05, 0.1) is 12.6 Å². The second kappa shape index (κ2) is 6.93. The van der Waals surface area contributed by atoms with E-state index in [4.69, 9.17) is 10.6 Å². The smallest absolute Gasteiger partial charge is 0.213 e. The Labute approximate surface area is 106 Å². The fraction of sp³-hybridized carbons (Fsp3) is 0.417. The highest BCUT2D eigenvalue weighted by Gasteiger charge is 2.10. The molecule has 18 heavy (non-hydrogen) atoms. The first kappa shape index (κ1) is 14.4. The zero-order chi connectivity index (χ0) is 13.5. The van der Waals surface area contributed by atoms with Crippen molar-refractivity contribution >= 4 is 11.6 Å². The number of benzene rings is 1. The van der Waals surface area contributed by atoms with E-state index < -0.39 is 0 Å². The van der Waals surface area contributed by atoms with Crippen LogP contribution in [0.4, 0.5) is 10.1 Å². The van der Waals surface area contributed by atoms with Crippen LogP contribution in [-0.4, -0.2) is 32.8 Å². The number of nitrogens with two attached hydrogens (primary N) is 1. The molecule has 1 unspecified atom stereocenters. The molecule has 0 heterocycles. The number of ether oxygens (including phenoxy) is 1. The number of halogens is 1. The standard InChI is InChI=1S/C12H19FN4O/c1-9(8-18-3)15-12(16-14)17(2)11-6-4-5-10(13)7-11/h4-7,9H,8,14H2,1-3H3,(H,15,16). The molecule has 100 valence electrons. The largest absolute Gasteiger partial charge is 0.382 e. The van der Waals surface area contributed by atoms with Crippen molar-refractivity contribution in [3.8, 4) is 0 Å². The average Bonchev–Trinajstić information content (AvgIpc) is 2.35. The van der Waals surface area contributed by atoms with Crippen molar-refractivity contribution in [1.82, 2.24) is 5.43 Å². The first-order valence-corrected chi connectivity index (χ1v) is 5.61. The van der Waals surface area contributed by atoms with Crippen LogP contribution in [0.1, 0.15) is 6.92 Å². The van der Waals surface area contributed by atoms with E-state index in [1.54, 1.807) is 31.2 Å². The Hall–Kier alpha value is -1.66. The van der Waals surface area contributed by atoms with Crippen molar-refractivity contribution in [2.75, 3.05) is 25.7 Å². The molecule has 6 heteroatoms. The maximum absolute atomic E-state index is 13.1. The monoisotopic (exact) mass is 254 g/mol. The normalized spacial score (nSPS) is 13.3. The molecule has 0 amide bonds.